The van der Waals surface area contributed by atoms with Gasteiger partial charge in [0.25, 0.3) is 5.91 Å². The van der Waals surface area contributed by atoms with Crippen LogP contribution in [0.2, 0.25) is 0 Å². The highest BCUT2D eigenvalue weighted by molar-refractivity contribution is 5.81. The molecular weight excluding hydrogens is 372 g/mol. The highest BCUT2D eigenvalue weighted by Crippen LogP contribution is 2.19. The molecule has 1 amide bonds. The van der Waals surface area contributed by atoms with Gasteiger partial charge in [-0.3, -0.25) is 4.79 Å². The summed E-state index contributed by atoms with van der Waals surface area (Å²) in [5.74, 6) is 0.796. The standard InChI is InChI=1S/C26H28N2O2/c1-21(30-24-15-9-4-10-16-24)26(29)28-19-17-27(18-20-28)25(22-11-5-2-6-12-22)23-13-7-3-8-14-23/h2-16,21,25H,17-20H2,1H3/p+1/t21-/m1/s1. The van der Waals surface area contributed by atoms with E-state index in [1.807, 2.05) is 42.2 Å². The van der Waals surface area contributed by atoms with Crippen molar-refractivity contribution in [2.45, 2.75) is 19.1 Å². The lowest BCUT2D eigenvalue weighted by Gasteiger charge is -2.37. The van der Waals surface area contributed by atoms with E-state index < -0.39 is 6.10 Å². The molecule has 1 fully saturated rings. The Hall–Kier alpha value is -3.11. The van der Waals surface area contributed by atoms with E-state index in [4.69, 9.17) is 4.74 Å². The Morgan fingerprint density at radius 1 is 0.800 bits per heavy atom. The van der Waals surface area contributed by atoms with Crippen LogP contribution in [-0.4, -0.2) is 43.1 Å². The van der Waals surface area contributed by atoms with E-state index in [1.165, 1.54) is 16.0 Å². The first-order chi connectivity index (χ1) is 14.7. The Morgan fingerprint density at radius 3 is 1.77 bits per heavy atom. The molecule has 0 unspecified atom stereocenters. The van der Waals surface area contributed by atoms with Gasteiger partial charge in [-0.15, -0.1) is 0 Å². The minimum absolute atomic E-state index is 0.0638. The molecule has 0 saturated carbocycles. The fraction of sp³-hybridized carbons (Fsp3) is 0.269. The number of rotatable bonds is 6. The molecule has 0 spiro atoms. The van der Waals surface area contributed by atoms with Crippen molar-refractivity contribution >= 4 is 5.91 Å². The normalized spacial score (nSPS) is 15.7. The first kappa shape index (κ1) is 20.2. The van der Waals surface area contributed by atoms with Crippen LogP contribution in [0.1, 0.15) is 24.1 Å². The van der Waals surface area contributed by atoms with E-state index in [-0.39, 0.29) is 11.9 Å². The van der Waals surface area contributed by atoms with Gasteiger partial charge in [0.2, 0.25) is 0 Å². The number of ether oxygens (including phenoxy) is 1. The number of hydrogen-bond donors (Lipinski definition) is 1. The number of piperazine rings is 1. The van der Waals surface area contributed by atoms with E-state index >= 15 is 0 Å². The maximum absolute atomic E-state index is 12.9. The summed E-state index contributed by atoms with van der Waals surface area (Å²) < 4.78 is 5.84. The topological polar surface area (TPSA) is 34.0 Å². The summed E-state index contributed by atoms with van der Waals surface area (Å²) >= 11 is 0. The van der Waals surface area contributed by atoms with Crippen molar-refractivity contribution in [2.24, 2.45) is 0 Å². The average molecular weight is 402 g/mol. The Balaban J connectivity index is 1.42. The second-order valence-corrected chi connectivity index (χ2v) is 7.81. The lowest BCUT2D eigenvalue weighted by atomic mass is 9.96. The van der Waals surface area contributed by atoms with Gasteiger partial charge in [-0.05, 0) is 19.1 Å². The molecule has 1 aliphatic rings. The van der Waals surface area contributed by atoms with Crippen molar-refractivity contribution < 1.29 is 14.4 Å². The minimum atomic E-state index is -0.479. The van der Waals surface area contributed by atoms with Crippen molar-refractivity contribution in [3.63, 3.8) is 0 Å². The number of amides is 1. The van der Waals surface area contributed by atoms with Gasteiger partial charge in [0, 0.05) is 11.1 Å². The Labute approximate surface area is 178 Å². The summed E-state index contributed by atoms with van der Waals surface area (Å²) in [6.07, 6.45) is -0.479. The molecule has 1 N–H and O–H groups in total. The zero-order chi connectivity index (χ0) is 20.8. The van der Waals surface area contributed by atoms with Gasteiger partial charge in [0.1, 0.15) is 11.8 Å². The first-order valence-electron chi connectivity index (χ1n) is 10.7. The Bertz CT molecular complexity index is 884. The van der Waals surface area contributed by atoms with Crippen LogP contribution in [0.5, 0.6) is 5.75 Å². The molecule has 3 aromatic carbocycles. The highest BCUT2D eigenvalue weighted by Gasteiger charge is 2.33. The van der Waals surface area contributed by atoms with Crippen LogP contribution < -0.4 is 9.64 Å². The maximum atomic E-state index is 12.9. The number of quaternary nitrogens is 1. The summed E-state index contributed by atoms with van der Waals surface area (Å²) in [5, 5.41) is 0. The fourth-order valence-electron chi connectivity index (χ4n) is 4.27. The third kappa shape index (κ3) is 4.71. The molecule has 4 heteroatoms. The Kier molecular flexibility index (Phi) is 6.45. The number of hydrogen-bond acceptors (Lipinski definition) is 2. The highest BCUT2D eigenvalue weighted by atomic mass is 16.5. The second kappa shape index (κ2) is 9.59. The number of carbonyl (C=O) groups excluding carboxylic acids is 1. The minimum Gasteiger partial charge on any atom is -0.481 e. The van der Waals surface area contributed by atoms with Crippen LogP contribution in [0, 0.1) is 0 Å². The summed E-state index contributed by atoms with van der Waals surface area (Å²) in [6, 6.07) is 31.2. The third-order valence-corrected chi connectivity index (χ3v) is 5.80. The quantitative estimate of drug-likeness (QED) is 0.689. The molecule has 30 heavy (non-hydrogen) atoms. The predicted molar refractivity (Wildman–Crippen MR) is 119 cm³/mol. The summed E-state index contributed by atoms with van der Waals surface area (Å²) in [7, 11) is 0. The van der Waals surface area contributed by atoms with Crippen LogP contribution in [-0.2, 0) is 4.79 Å². The molecule has 1 heterocycles. The number of para-hydroxylation sites is 1. The molecule has 1 saturated heterocycles. The van der Waals surface area contributed by atoms with Crippen LogP contribution in [0.15, 0.2) is 91.0 Å². The molecule has 1 atom stereocenters. The SMILES string of the molecule is C[C@@H](Oc1ccccc1)C(=O)N1CC[NH+](C(c2ccccc2)c2ccccc2)CC1. The number of nitrogens with zero attached hydrogens (tertiary/aromatic N) is 1. The van der Waals surface area contributed by atoms with Crippen LogP contribution in [0.3, 0.4) is 0 Å². The zero-order valence-electron chi connectivity index (χ0n) is 17.4. The van der Waals surface area contributed by atoms with Gasteiger partial charge in [0.15, 0.2) is 6.10 Å². The number of carbonyl (C=O) groups is 1. The molecule has 4 rings (SSSR count). The monoisotopic (exact) mass is 401 g/mol. The molecule has 0 aromatic heterocycles. The summed E-state index contributed by atoms with van der Waals surface area (Å²) in [6.45, 7) is 5.15. The van der Waals surface area contributed by atoms with Gasteiger partial charge in [-0.2, -0.15) is 0 Å². The Morgan fingerprint density at radius 2 is 1.27 bits per heavy atom. The predicted octanol–water partition coefficient (Wildman–Crippen LogP) is 2.97. The van der Waals surface area contributed by atoms with Crippen molar-refractivity contribution in [3.8, 4) is 5.75 Å². The molecule has 3 aromatic rings. The second-order valence-electron chi connectivity index (χ2n) is 7.81. The molecule has 0 aliphatic carbocycles. The van der Waals surface area contributed by atoms with Crippen LogP contribution in [0.25, 0.3) is 0 Å². The first-order valence-corrected chi connectivity index (χ1v) is 10.7. The number of nitrogens with one attached hydrogen (secondary N) is 1. The van der Waals surface area contributed by atoms with Gasteiger partial charge < -0.3 is 14.5 Å². The van der Waals surface area contributed by atoms with Gasteiger partial charge in [-0.1, -0.05) is 78.9 Å². The molecule has 1 aliphatic heterocycles. The van der Waals surface area contributed by atoms with Crippen molar-refractivity contribution in [3.05, 3.63) is 102 Å². The lowest BCUT2D eigenvalue weighted by Crippen LogP contribution is -3.15. The van der Waals surface area contributed by atoms with Crippen molar-refractivity contribution in [1.29, 1.82) is 0 Å². The summed E-state index contributed by atoms with van der Waals surface area (Å²) in [5.41, 5.74) is 2.64. The lowest BCUT2D eigenvalue weighted by molar-refractivity contribution is -0.929. The van der Waals surface area contributed by atoms with Crippen LogP contribution in [0.4, 0.5) is 0 Å². The third-order valence-electron chi connectivity index (χ3n) is 5.80. The van der Waals surface area contributed by atoms with Crippen molar-refractivity contribution in [2.75, 3.05) is 26.2 Å². The van der Waals surface area contributed by atoms with Crippen LogP contribution >= 0.6 is 0 Å². The van der Waals surface area contributed by atoms with Gasteiger partial charge in [0.05, 0.1) is 26.2 Å². The molecule has 154 valence electrons. The molecule has 0 bridgehead atoms. The van der Waals surface area contributed by atoms with E-state index in [2.05, 4.69) is 60.7 Å². The number of benzene rings is 3. The summed E-state index contributed by atoms with van der Waals surface area (Å²) in [4.78, 5) is 16.4. The van der Waals surface area contributed by atoms with Crippen molar-refractivity contribution in [1.82, 2.24) is 4.90 Å². The van der Waals surface area contributed by atoms with Gasteiger partial charge in [-0.25, -0.2) is 0 Å². The van der Waals surface area contributed by atoms with E-state index in [0.29, 0.717) is 0 Å². The largest absolute Gasteiger partial charge is 0.481 e. The maximum Gasteiger partial charge on any atom is 0.263 e. The van der Waals surface area contributed by atoms with E-state index in [0.717, 1.165) is 31.9 Å². The molecule has 0 radical (unpaired) electrons. The zero-order valence-corrected chi connectivity index (χ0v) is 17.4. The smallest absolute Gasteiger partial charge is 0.263 e. The molecular formula is C26H29N2O2+. The van der Waals surface area contributed by atoms with E-state index in [1.54, 1.807) is 0 Å². The van der Waals surface area contributed by atoms with Gasteiger partial charge >= 0.3 is 0 Å². The average Bonchev–Trinajstić information content (AvgIpc) is 2.81. The molecule has 4 nitrogen and oxygen atoms in total. The van der Waals surface area contributed by atoms with E-state index in [9.17, 15) is 4.79 Å². The fourth-order valence-corrected chi connectivity index (χ4v) is 4.27.